The standard InChI is InChI=1S/C18H12ClNO2/c19-16-10-17(12-20-11-16)22-18(21)15-8-6-14(7-9-15)13-4-2-1-3-5-13/h1-12H. The van der Waals surface area contributed by atoms with Gasteiger partial charge in [0.1, 0.15) is 0 Å². The van der Waals surface area contributed by atoms with E-state index in [0.717, 1.165) is 11.1 Å². The number of halogens is 1. The smallest absolute Gasteiger partial charge is 0.343 e. The maximum absolute atomic E-state index is 12.1. The van der Waals surface area contributed by atoms with Crippen LogP contribution in [0.5, 0.6) is 5.75 Å². The number of hydrogen-bond donors (Lipinski definition) is 0. The minimum Gasteiger partial charge on any atom is -0.421 e. The molecule has 3 aromatic rings. The fraction of sp³-hybridized carbons (Fsp3) is 0. The summed E-state index contributed by atoms with van der Waals surface area (Å²) in [6, 6.07) is 18.8. The maximum atomic E-state index is 12.1. The molecule has 0 amide bonds. The molecule has 0 atom stereocenters. The Kier molecular flexibility index (Phi) is 4.17. The fourth-order valence-corrected chi connectivity index (χ4v) is 2.21. The summed E-state index contributed by atoms with van der Waals surface area (Å²) in [5, 5.41) is 0.421. The second kappa shape index (κ2) is 6.41. The molecule has 3 nitrogen and oxygen atoms in total. The molecule has 1 aromatic heterocycles. The molecule has 0 saturated carbocycles. The monoisotopic (exact) mass is 309 g/mol. The molecule has 1 heterocycles. The van der Waals surface area contributed by atoms with Crippen molar-refractivity contribution in [2.45, 2.75) is 0 Å². The molecule has 3 rings (SSSR count). The van der Waals surface area contributed by atoms with Crippen LogP contribution in [-0.2, 0) is 0 Å². The van der Waals surface area contributed by atoms with E-state index in [2.05, 4.69) is 4.98 Å². The maximum Gasteiger partial charge on any atom is 0.343 e. The van der Waals surface area contributed by atoms with Crippen molar-refractivity contribution in [1.29, 1.82) is 0 Å². The molecule has 0 N–H and O–H groups in total. The van der Waals surface area contributed by atoms with Crippen molar-refractivity contribution in [3.05, 3.63) is 83.6 Å². The Balaban J connectivity index is 1.76. The van der Waals surface area contributed by atoms with E-state index in [1.54, 1.807) is 18.2 Å². The van der Waals surface area contributed by atoms with Crippen molar-refractivity contribution in [2.24, 2.45) is 0 Å². The largest absolute Gasteiger partial charge is 0.421 e. The zero-order chi connectivity index (χ0) is 15.4. The van der Waals surface area contributed by atoms with Crippen LogP contribution in [0.3, 0.4) is 0 Å². The van der Waals surface area contributed by atoms with Crippen molar-refractivity contribution >= 4 is 17.6 Å². The molecular weight excluding hydrogens is 298 g/mol. The van der Waals surface area contributed by atoms with E-state index in [0.29, 0.717) is 16.3 Å². The van der Waals surface area contributed by atoms with Crippen LogP contribution >= 0.6 is 11.6 Å². The Morgan fingerprint density at radius 3 is 2.27 bits per heavy atom. The zero-order valence-electron chi connectivity index (χ0n) is 11.6. The first-order valence-electron chi connectivity index (χ1n) is 6.70. The van der Waals surface area contributed by atoms with Gasteiger partial charge in [-0.15, -0.1) is 0 Å². The third-order valence-corrected chi connectivity index (χ3v) is 3.32. The molecule has 0 aliphatic rings. The number of rotatable bonds is 3. The van der Waals surface area contributed by atoms with E-state index in [9.17, 15) is 4.79 Å². The first-order valence-corrected chi connectivity index (χ1v) is 7.08. The van der Waals surface area contributed by atoms with Crippen molar-refractivity contribution in [1.82, 2.24) is 4.98 Å². The van der Waals surface area contributed by atoms with Gasteiger partial charge in [0, 0.05) is 12.3 Å². The molecule has 108 valence electrons. The SMILES string of the molecule is O=C(Oc1cncc(Cl)c1)c1ccc(-c2ccccc2)cc1. The number of pyridine rings is 1. The summed E-state index contributed by atoms with van der Waals surface area (Å²) in [6.07, 6.45) is 2.93. The number of benzene rings is 2. The van der Waals surface area contributed by atoms with Crippen LogP contribution in [0, 0.1) is 0 Å². The van der Waals surface area contributed by atoms with Gasteiger partial charge in [-0.05, 0) is 23.3 Å². The van der Waals surface area contributed by atoms with Crippen LogP contribution in [0.2, 0.25) is 5.02 Å². The minimum atomic E-state index is -0.441. The quantitative estimate of drug-likeness (QED) is 0.663. The molecule has 0 aliphatic heterocycles. The lowest BCUT2D eigenvalue weighted by Crippen LogP contribution is -2.08. The van der Waals surface area contributed by atoms with E-state index < -0.39 is 5.97 Å². The van der Waals surface area contributed by atoms with Gasteiger partial charge in [-0.1, -0.05) is 54.1 Å². The molecule has 0 aliphatic carbocycles. The third kappa shape index (κ3) is 3.32. The zero-order valence-corrected chi connectivity index (χ0v) is 12.3. The molecule has 0 radical (unpaired) electrons. The summed E-state index contributed by atoms with van der Waals surface area (Å²) in [6.45, 7) is 0. The van der Waals surface area contributed by atoms with Gasteiger partial charge in [0.25, 0.3) is 0 Å². The van der Waals surface area contributed by atoms with Crippen molar-refractivity contribution in [3.63, 3.8) is 0 Å². The first kappa shape index (κ1) is 14.3. The predicted octanol–water partition coefficient (Wildman–Crippen LogP) is 4.62. The molecule has 0 spiro atoms. The van der Waals surface area contributed by atoms with Crippen LogP contribution < -0.4 is 4.74 Å². The summed E-state index contributed by atoms with van der Waals surface area (Å²) in [7, 11) is 0. The summed E-state index contributed by atoms with van der Waals surface area (Å²) < 4.78 is 5.24. The van der Waals surface area contributed by atoms with Crippen LogP contribution in [0.25, 0.3) is 11.1 Å². The van der Waals surface area contributed by atoms with Gasteiger partial charge in [-0.25, -0.2) is 4.79 Å². The van der Waals surface area contributed by atoms with E-state index in [4.69, 9.17) is 16.3 Å². The number of carbonyl (C=O) groups excluding carboxylic acids is 1. The highest BCUT2D eigenvalue weighted by Crippen LogP contribution is 2.21. The molecule has 0 bridgehead atoms. The second-order valence-corrected chi connectivity index (χ2v) is 5.11. The van der Waals surface area contributed by atoms with Gasteiger partial charge < -0.3 is 4.74 Å². The molecule has 22 heavy (non-hydrogen) atoms. The van der Waals surface area contributed by atoms with Gasteiger partial charge in [-0.3, -0.25) is 4.98 Å². The Morgan fingerprint density at radius 2 is 1.59 bits per heavy atom. The summed E-state index contributed by atoms with van der Waals surface area (Å²) in [5.74, 6) is -0.117. The van der Waals surface area contributed by atoms with Gasteiger partial charge in [0.2, 0.25) is 0 Å². The van der Waals surface area contributed by atoms with E-state index in [1.807, 2.05) is 42.5 Å². The highest BCUT2D eigenvalue weighted by molar-refractivity contribution is 6.30. The van der Waals surface area contributed by atoms with Crippen molar-refractivity contribution in [3.8, 4) is 16.9 Å². The average molecular weight is 310 g/mol. The summed E-state index contributed by atoms with van der Waals surface area (Å²) >= 11 is 5.81. The molecule has 0 fully saturated rings. The van der Waals surface area contributed by atoms with Crippen molar-refractivity contribution < 1.29 is 9.53 Å². The van der Waals surface area contributed by atoms with Crippen LogP contribution in [0.1, 0.15) is 10.4 Å². The molecule has 0 unspecified atom stereocenters. The van der Waals surface area contributed by atoms with Crippen LogP contribution in [-0.4, -0.2) is 11.0 Å². The number of ether oxygens (including phenoxy) is 1. The van der Waals surface area contributed by atoms with Gasteiger partial charge >= 0.3 is 5.97 Å². The van der Waals surface area contributed by atoms with Gasteiger partial charge in [0.15, 0.2) is 5.75 Å². The van der Waals surface area contributed by atoms with Crippen LogP contribution in [0.15, 0.2) is 73.1 Å². The Hall–Kier alpha value is -2.65. The Morgan fingerprint density at radius 1 is 0.909 bits per heavy atom. The first-order chi connectivity index (χ1) is 10.7. The van der Waals surface area contributed by atoms with E-state index in [1.165, 1.54) is 12.4 Å². The molecular formula is C18H12ClNO2. The third-order valence-electron chi connectivity index (χ3n) is 3.12. The number of aromatic nitrogens is 1. The highest BCUT2D eigenvalue weighted by Gasteiger charge is 2.09. The normalized spacial score (nSPS) is 10.2. The lowest BCUT2D eigenvalue weighted by atomic mass is 10.0. The number of esters is 1. The van der Waals surface area contributed by atoms with Crippen molar-refractivity contribution in [2.75, 3.05) is 0 Å². The number of carbonyl (C=O) groups is 1. The summed E-state index contributed by atoms with van der Waals surface area (Å²) in [5.41, 5.74) is 2.61. The Bertz CT molecular complexity index is 786. The molecule has 0 saturated heterocycles. The summed E-state index contributed by atoms with van der Waals surface area (Å²) in [4.78, 5) is 16.0. The highest BCUT2D eigenvalue weighted by atomic mass is 35.5. The fourth-order valence-electron chi connectivity index (χ4n) is 2.04. The Labute approximate surface area is 133 Å². The number of hydrogen-bond acceptors (Lipinski definition) is 3. The topological polar surface area (TPSA) is 39.2 Å². The minimum absolute atomic E-state index is 0.324. The lowest BCUT2D eigenvalue weighted by molar-refractivity contribution is 0.0734. The average Bonchev–Trinajstić information content (AvgIpc) is 2.56. The molecule has 2 aromatic carbocycles. The lowest BCUT2D eigenvalue weighted by Gasteiger charge is -2.05. The van der Waals surface area contributed by atoms with E-state index >= 15 is 0 Å². The predicted molar refractivity (Wildman–Crippen MR) is 86.1 cm³/mol. The van der Waals surface area contributed by atoms with Gasteiger partial charge in [-0.2, -0.15) is 0 Å². The van der Waals surface area contributed by atoms with Crippen LogP contribution in [0.4, 0.5) is 0 Å². The molecule has 4 heteroatoms. The van der Waals surface area contributed by atoms with Gasteiger partial charge in [0.05, 0.1) is 16.8 Å². The van der Waals surface area contributed by atoms with E-state index in [-0.39, 0.29) is 0 Å². The second-order valence-electron chi connectivity index (χ2n) is 4.67. The number of nitrogens with zero attached hydrogens (tertiary/aromatic N) is 1.